The van der Waals surface area contributed by atoms with Gasteiger partial charge in [0.1, 0.15) is 6.10 Å². The van der Waals surface area contributed by atoms with Crippen LogP contribution >= 0.6 is 23.2 Å². The van der Waals surface area contributed by atoms with Crippen LogP contribution in [0, 0.1) is 0 Å². The molecule has 2 amide bonds. The number of carbonyl (C=O) groups excluding carboxylic acids is 1. The van der Waals surface area contributed by atoms with Crippen LogP contribution in [-0.2, 0) is 11.3 Å². The van der Waals surface area contributed by atoms with Crippen LogP contribution in [0.15, 0.2) is 24.4 Å². The van der Waals surface area contributed by atoms with Crippen molar-refractivity contribution in [1.82, 2.24) is 20.3 Å². The van der Waals surface area contributed by atoms with Crippen LogP contribution in [0.5, 0.6) is 0 Å². The third-order valence-corrected chi connectivity index (χ3v) is 5.50. The molecule has 1 aromatic heterocycles. The zero-order chi connectivity index (χ0) is 21.7. The van der Waals surface area contributed by atoms with Gasteiger partial charge in [0, 0.05) is 28.5 Å². The average molecular weight is 456 g/mol. The second-order valence-corrected chi connectivity index (χ2v) is 8.64. The van der Waals surface area contributed by atoms with Gasteiger partial charge in [-0.15, -0.1) is 5.10 Å². The fraction of sp³-hybridized carbons (Fsp3) is 0.550. The summed E-state index contributed by atoms with van der Waals surface area (Å²) in [6.07, 6.45) is 3.70. The SMILES string of the molecule is CC(C)c1cn(CC[C@@H]2CC[C@H](NC(=O)Nc3cc(Cl)cc(Cl)c3)[C@@H](CO)O2)nn1. The van der Waals surface area contributed by atoms with Crippen LogP contribution < -0.4 is 10.6 Å². The van der Waals surface area contributed by atoms with Crippen molar-refractivity contribution in [2.45, 2.75) is 63.8 Å². The summed E-state index contributed by atoms with van der Waals surface area (Å²) in [5.74, 6) is 0.337. The largest absolute Gasteiger partial charge is 0.394 e. The second-order valence-electron chi connectivity index (χ2n) is 7.77. The molecule has 3 N–H and O–H groups in total. The van der Waals surface area contributed by atoms with Crippen molar-refractivity contribution < 1.29 is 14.6 Å². The Kier molecular flexibility index (Phi) is 7.93. The number of amides is 2. The molecule has 1 aliphatic heterocycles. The predicted molar refractivity (Wildman–Crippen MR) is 116 cm³/mol. The molecule has 1 fully saturated rings. The topological polar surface area (TPSA) is 101 Å². The molecule has 0 unspecified atom stereocenters. The van der Waals surface area contributed by atoms with E-state index in [0.717, 1.165) is 18.5 Å². The van der Waals surface area contributed by atoms with Crippen LogP contribution in [0.2, 0.25) is 10.0 Å². The van der Waals surface area contributed by atoms with Crippen LogP contribution in [0.1, 0.15) is 44.7 Å². The number of nitrogens with zero attached hydrogens (tertiary/aromatic N) is 3. The van der Waals surface area contributed by atoms with Gasteiger partial charge >= 0.3 is 6.03 Å². The smallest absolute Gasteiger partial charge is 0.319 e. The van der Waals surface area contributed by atoms with Gasteiger partial charge in [-0.25, -0.2) is 4.79 Å². The fourth-order valence-corrected chi connectivity index (χ4v) is 3.96. The quantitative estimate of drug-likeness (QED) is 0.588. The number of nitrogens with one attached hydrogen (secondary N) is 2. The first-order valence-corrected chi connectivity index (χ1v) is 10.8. The van der Waals surface area contributed by atoms with E-state index in [1.165, 1.54) is 0 Å². The Morgan fingerprint density at radius 2 is 2.03 bits per heavy atom. The Hall–Kier alpha value is -1.87. The first-order valence-electron chi connectivity index (χ1n) is 10.0. The first kappa shape index (κ1) is 22.8. The first-order chi connectivity index (χ1) is 14.3. The zero-order valence-corrected chi connectivity index (χ0v) is 18.5. The van der Waals surface area contributed by atoms with Crippen molar-refractivity contribution in [2.24, 2.45) is 0 Å². The highest BCUT2D eigenvalue weighted by Gasteiger charge is 2.32. The molecule has 30 heavy (non-hydrogen) atoms. The Bertz CT molecular complexity index is 840. The molecule has 2 heterocycles. The minimum Gasteiger partial charge on any atom is -0.394 e. The molecule has 0 saturated carbocycles. The predicted octanol–water partition coefficient (Wildman–Crippen LogP) is 3.83. The molecule has 0 bridgehead atoms. The number of aliphatic hydroxyl groups excluding tert-OH is 1. The van der Waals surface area contributed by atoms with Crippen molar-refractivity contribution in [3.8, 4) is 0 Å². The van der Waals surface area contributed by atoms with E-state index in [0.29, 0.717) is 34.6 Å². The molecular formula is C20H27Cl2N5O3. The highest BCUT2D eigenvalue weighted by Crippen LogP contribution is 2.24. The van der Waals surface area contributed by atoms with Gasteiger partial charge in [0.2, 0.25) is 0 Å². The summed E-state index contributed by atoms with van der Waals surface area (Å²) in [4.78, 5) is 12.4. The number of urea groups is 1. The average Bonchev–Trinajstić information content (AvgIpc) is 3.15. The van der Waals surface area contributed by atoms with E-state index >= 15 is 0 Å². The molecular weight excluding hydrogens is 429 g/mol. The van der Waals surface area contributed by atoms with E-state index in [2.05, 4.69) is 34.8 Å². The normalized spacial score (nSPS) is 21.6. The minimum atomic E-state index is -0.473. The maximum atomic E-state index is 12.4. The third kappa shape index (κ3) is 6.31. The number of aromatic nitrogens is 3. The molecule has 2 aromatic rings. The second kappa shape index (κ2) is 10.4. The van der Waals surface area contributed by atoms with Gasteiger partial charge in [-0.2, -0.15) is 0 Å². The van der Waals surface area contributed by atoms with Crippen molar-refractivity contribution in [3.05, 3.63) is 40.1 Å². The van der Waals surface area contributed by atoms with E-state index in [4.69, 9.17) is 27.9 Å². The lowest BCUT2D eigenvalue weighted by Gasteiger charge is -2.36. The fourth-order valence-electron chi connectivity index (χ4n) is 3.43. The number of carbonyl (C=O) groups is 1. The summed E-state index contributed by atoms with van der Waals surface area (Å²) in [5, 5.41) is 24.5. The van der Waals surface area contributed by atoms with E-state index in [1.807, 2.05) is 10.9 Å². The molecule has 10 heteroatoms. The van der Waals surface area contributed by atoms with Crippen molar-refractivity contribution >= 4 is 34.9 Å². The number of hydrogen-bond acceptors (Lipinski definition) is 5. The number of aliphatic hydroxyl groups is 1. The summed E-state index contributed by atoms with van der Waals surface area (Å²) < 4.78 is 7.84. The number of ether oxygens (including phenoxy) is 1. The zero-order valence-electron chi connectivity index (χ0n) is 17.0. The maximum absolute atomic E-state index is 12.4. The van der Waals surface area contributed by atoms with Gasteiger partial charge < -0.3 is 20.5 Å². The summed E-state index contributed by atoms with van der Waals surface area (Å²) in [7, 11) is 0. The molecule has 8 nitrogen and oxygen atoms in total. The number of rotatable bonds is 7. The molecule has 3 rings (SSSR count). The lowest BCUT2D eigenvalue weighted by atomic mass is 9.97. The monoisotopic (exact) mass is 455 g/mol. The number of aryl methyl sites for hydroxylation is 1. The molecule has 1 saturated heterocycles. The van der Waals surface area contributed by atoms with E-state index in [1.54, 1.807) is 18.2 Å². The van der Waals surface area contributed by atoms with Gasteiger partial charge in [0.05, 0.1) is 24.4 Å². The molecule has 0 spiro atoms. The highest BCUT2D eigenvalue weighted by molar-refractivity contribution is 6.35. The molecule has 1 aromatic carbocycles. The van der Waals surface area contributed by atoms with Crippen LogP contribution in [0.25, 0.3) is 0 Å². The lowest BCUT2D eigenvalue weighted by molar-refractivity contribution is -0.0905. The van der Waals surface area contributed by atoms with Crippen LogP contribution in [-0.4, -0.2) is 51.0 Å². The van der Waals surface area contributed by atoms with E-state index in [9.17, 15) is 9.90 Å². The van der Waals surface area contributed by atoms with Crippen molar-refractivity contribution in [1.29, 1.82) is 0 Å². The Balaban J connectivity index is 1.49. The molecule has 0 aliphatic carbocycles. The molecule has 164 valence electrons. The summed E-state index contributed by atoms with van der Waals surface area (Å²) in [5.41, 5.74) is 1.46. The third-order valence-electron chi connectivity index (χ3n) is 5.06. The molecule has 3 atom stereocenters. The molecule has 1 aliphatic rings. The van der Waals surface area contributed by atoms with Gasteiger partial charge in [-0.1, -0.05) is 42.3 Å². The van der Waals surface area contributed by atoms with Gasteiger partial charge in [0.25, 0.3) is 0 Å². The maximum Gasteiger partial charge on any atom is 0.319 e. The van der Waals surface area contributed by atoms with Crippen molar-refractivity contribution in [3.63, 3.8) is 0 Å². The number of hydrogen-bond donors (Lipinski definition) is 3. The number of anilines is 1. The van der Waals surface area contributed by atoms with Crippen LogP contribution in [0.3, 0.4) is 0 Å². The van der Waals surface area contributed by atoms with Crippen molar-refractivity contribution in [2.75, 3.05) is 11.9 Å². The van der Waals surface area contributed by atoms with Gasteiger partial charge in [-0.05, 0) is 43.4 Å². The number of benzene rings is 1. The van der Waals surface area contributed by atoms with Gasteiger partial charge in [0.15, 0.2) is 0 Å². The summed E-state index contributed by atoms with van der Waals surface area (Å²) >= 11 is 11.9. The summed E-state index contributed by atoms with van der Waals surface area (Å²) in [6.45, 7) is 4.67. The van der Waals surface area contributed by atoms with E-state index < -0.39 is 12.1 Å². The van der Waals surface area contributed by atoms with Crippen LogP contribution in [0.4, 0.5) is 10.5 Å². The minimum absolute atomic E-state index is 0.0123. The number of halogens is 2. The van der Waals surface area contributed by atoms with E-state index in [-0.39, 0.29) is 18.8 Å². The standard InChI is InChI=1S/C20H27Cl2N5O3/c1-12(2)18-10-27(26-25-18)6-5-16-3-4-17(19(11-28)30-16)24-20(29)23-15-8-13(21)7-14(22)9-15/h7-10,12,16-17,19,28H,3-6,11H2,1-2H3,(H2,23,24,29)/t16-,17-,19+/m0/s1. The Morgan fingerprint density at radius 3 is 2.67 bits per heavy atom. The Morgan fingerprint density at radius 1 is 1.30 bits per heavy atom. The van der Waals surface area contributed by atoms with Gasteiger partial charge in [-0.3, -0.25) is 4.68 Å². The lowest BCUT2D eigenvalue weighted by Crippen LogP contribution is -2.52. The molecule has 0 radical (unpaired) electrons. The highest BCUT2D eigenvalue weighted by atomic mass is 35.5. The summed E-state index contributed by atoms with van der Waals surface area (Å²) in [6, 6.07) is 4.12. The Labute approximate surface area is 185 Å².